The number of aliphatic hydroxyl groups is 1. The molecule has 2 aliphatic rings. The summed E-state index contributed by atoms with van der Waals surface area (Å²) >= 11 is 0. The molecular weight excluding hydrogens is 250 g/mol. The highest BCUT2D eigenvalue weighted by Gasteiger charge is 2.42. The summed E-state index contributed by atoms with van der Waals surface area (Å²) < 4.78 is 6.14. The van der Waals surface area contributed by atoms with Gasteiger partial charge in [0.25, 0.3) is 0 Å². The molecule has 0 radical (unpaired) electrons. The normalized spacial score (nSPS) is 36.8. The Labute approximate surface area is 124 Å². The summed E-state index contributed by atoms with van der Waals surface area (Å²) in [6.45, 7) is 16.0. The van der Waals surface area contributed by atoms with Gasteiger partial charge in [-0.25, -0.2) is 0 Å². The Kier molecular flexibility index (Phi) is 4.27. The van der Waals surface area contributed by atoms with Crippen molar-refractivity contribution in [3.63, 3.8) is 0 Å². The van der Waals surface area contributed by atoms with E-state index in [4.69, 9.17) is 4.74 Å². The average molecular weight is 283 g/mol. The SMILES string of the molecule is CC1(C)CN(CC2CCCC(C)(C)C2O)CC(C)(C)O1. The predicted molar refractivity (Wildman–Crippen MR) is 82.8 cm³/mol. The fourth-order valence-corrected chi connectivity index (χ4v) is 4.36. The molecule has 3 nitrogen and oxygen atoms in total. The lowest BCUT2D eigenvalue weighted by Gasteiger charge is -2.49. The van der Waals surface area contributed by atoms with Crippen molar-refractivity contribution in [1.29, 1.82) is 0 Å². The van der Waals surface area contributed by atoms with Gasteiger partial charge in [0.05, 0.1) is 17.3 Å². The maximum atomic E-state index is 10.6. The number of ether oxygens (including phenoxy) is 1. The molecule has 0 aromatic heterocycles. The molecule has 1 saturated heterocycles. The molecular formula is C17H33NO2. The molecule has 1 N–H and O–H groups in total. The van der Waals surface area contributed by atoms with E-state index >= 15 is 0 Å². The lowest BCUT2D eigenvalue weighted by Crippen LogP contribution is -2.59. The molecule has 1 saturated carbocycles. The van der Waals surface area contributed by atoms with E-state index < -0.39 is 0 Å². The van der Waals surface area contributed by atoms with Gasteiger partial charge in [0, 0.05) is 19.6 Å². The van der Waals surface area contributed by atoms with Crippen LogP contribution in [-0.2, 0) is 4.74 Å². The van der Waals surface area contributed by atoms with Gasteiger partial charge in [0.1, 0.15) is 0 Å². The molecule has 1 aliphatic heterocycles. The molecule has 20 heavy (non-hydrogen) atoms. The van der Waals surface area contributed by atoms with E-state index in [9.17, 15) is 5.11 Å². The van der Waals surface area contributed by atoms with Gasteiger partial charge >= 0.3 is 0 Å². The van der Waals surface area contributed by atoms with E-state index in [1.807, 2.05) is 0 Å². The topological polar surface area (TPSA) is 32.7 Å². The van der Waals surface area contributed by atoms with Crippen LogP contribution in [0.25, 0.3) is 0 Å². The predicted octanol–water partition coefficient (Wildman–Crippen LogP) is 3.06. The largest absolute Gasteiger partial charge is 0.392 e. The lowest BCUT2D eigenvalue weighted by atomic mass is 9.69. The number of nitrogens with zero attached hydrogens (tertiary/aromatic N) is 1. The van der Waals surface area contributed by atoms with Crippen LogP contribution in [0.5, 0.6) is 0 Å². The Hall–Kier alpha value is -0.120. The zero-order chi connectivity index (χ0) is 15.2. The second-order valence-corrected chi connectivity index (χ2v) is 8.88. The highest BCUT2D eigenvalue weighted by molar-refractivity contribution is 4.93. The van der Waals surface area contributed by atoms with Gasteiger partial charge in [-0.3, -0.25) is 4.90 Å². The zero-order valence-corrected chi connectivity index (χ0v) is 14.2. The molecule has 0 bridgehead atoms. The fraction of sp³-hybridized carbons (Fsp3) is 1.00. The van der Waals surface area contributed by atoms with Crippen LogP contribution in [0, 0.1) is 11.3 Å². The molecule has 118 valence electrons. The van der Waals surface area contributed by atoms with Gasteiger partial charge in [-0.05, 0) is 51.9 Å². The molecule has 0 aromatic carbocycles. The highest BCUT2D eigenvalue weighted by Crippen LogP contribution is 2.40. The third kappa shape index (κ3) is 3.75. The van der Waals surface area contributed by atoms with Gasteiger partial charge in [-0.2, -0.15) is 0 Å². The fourth-order valence-electron chi connectivity index (χ4n) is 4.36. The van der Waals surface area contributed by atoms with Crippen molar-refractivity contribution in [2.45, 2.75) is 78.1 Å². The Balaban J connectivity index is 2.02. The van der Waals surface area contributed by atoms with Gasteiger partial charge in [-0.15, -0.1) is 0 Å². The van der Waals surface area contributed by atoms with Crippen molar-refractivity contribution < 1.29 is 9.84 Å². The summed E-state index contributed by atoms with van der Waals surface area (Å²) in [5.74, 6) is 0.406. The van der Waals surface area contributed by atoms with Crippen LogP contribution in [0.3, 0.4) is 0 Å². The summed E-state index contributed by atoms with van der Waals surface area (Å²) in [7, 11) is 0. The van der Waals surface area contributed by atoms with Crippen molar-refractivity contribution in [3.05, 3.63) is 0 Å². The van der Waals surface area contributed by atoms with Gasteiger partial charge in [0.2, 0.25) is 0 Å². The summed E-state index contributed by atoms with van der Waals surface area (Å²) in [6, 6.07) is 0. The van der Waals surface area contributed by atoms with Crippen molar-refractivity contribution in [1.82, 2.24) is 4.90 Å². The maximum absolute atomic E-state index is 10.6. The quantitative estimate of drug-likeness (QED) is 0.845. The first-order chi connectivity index (χ1) is 9.01. The van der Waals surface area contributed by atoms with Gasteiger partial charge in [-0.1, -0.05) is 20.3 Å². The lowest BCUT2D eigenvalue weighted by molar-refractivity contribution is -0.185. The van der Waals surface area contributed by atoms with Crippen molar-refractivity contribution >= 4 is 0 Å². The molecule has 2 fully saturated rings. The minimum atomic E-state index is -0.176. The highest BCUT2D eigenvalue weighted by atomic mass is 16.5. The first-order valence-corrected chi connectivity index (χ1v) is 8.11. The van der Waals surface area contributed by atoms with Crippen LogP contribution >= 0.6 is 0 Å². The number of hydrogen-bond acceptors (Lipinski definition) is 3. The Morgan fingerprint density at radius 2 is 1.60 bits per heavy atom. The van der Waals surface area contributed by atoms with E-state index in [2.05, 4.69) is 46.4 Å². The third-order valence-corrected chi connectivity index (χ3v) is 4.90. The number of morpholine rings is 1. The van der Waals surface area contributed by atoms with E-state index in [1.165, 1.54) is 6.42 Å². The number of rotatable bonds is 2. The molecule has 0 spiro atoms. The molecule has 2 rings (SSSR count). The smallest absolute Gasteiger partial charge is 0.0760 e. The van der Waals surface area contributed by atoms with Crippen LogP contribution in [0.4, 0.5) is 0 Å². The molecule has 1 aliphatic carbocycles. The summed E-state index contributed by atoms with van der Waals surface area (Å²) in [5, 5.41) is 10.6. The Bertz CT molecular complexity index is 333. The van der Waals surface area contributed by atoms with Crippen molar-refractivity contribution in [2.24, 2.45) is 11.3 Å². The van der Waals surface area contributed by atoms with Crippen LogP contribution in [0.1, 0.15) is 60.8 Å². The molecule has 2 atom stereocenters. The molecule has 3 heteroatoms. The van der Waals surface area contributed by atoms with E-state index in [0.717, 1.165) is 32.5 Å². The van der Waals surface area contributed by atoms with Gasteiger partial charge in [0.15, 0.2) is 0 Å². The zero-order valence-electron chi connectivity index (χ0n) is 14.2. The summed E-state index contributed by atoms with van der Waals surface area (Å²) in [4.78, 5) is 2.50. The van der Waals surface area contributed by atoms with Crippen molar-refractivity contribution in [3.8, 4) is 0 Å². The number of hydrogen-bond donors (Lipinski definition) is 1. The second-order valence-electron chi connectivity index (χ2n) is 8.88. The standard InChI is InChI=1S/C17H33NO2/c1-15(2)9-7-8-13(14(15)19)10-18-11-16(3,4)20-17(5,6)12-18/h13-14,19H,7-12H2,1-6H3. The third-order valence-electron chi connectivity index (χ3n) is 4.90. The Morgan fingerprint density at radius 1 is 1.05 bits per heavy atom. The summed E-state index contributed by atoms with van der Waals surface area (Å²) in [5.41, 5.74) is -0.131. The van der Waals surface area contributed by atoms with Crippen LogP contribution in [0.15, 0.2) is 0 Å². The molecule has 0 aromatic rings. The Morgan fingerprint density at radius 3 is 2.15 bits per heavy atom. The molecule has 1 heterocycles. The van der Waals surface area contributed by atoms with E-state index in [-0.39, 0.29) is 22.7 Å². The minimum absolute atomic E-state index is 0.0697. The monoisotopic (exact) mass is 283 g/mol. The molecule has 0 amide bonds. The number of aliphatic hydroxyl groups excluding tert-OH is 1. The first kappa shape index (κ1) is 16.3. The van der Waals surface area contributed by atoms with Crippen molar-refractivity contribution in [2.75, 3.05) is 19.6 Å². The second kappa shape index (κ2) is 5.26. The van der Waals surface area contributed by atoms with E-state index in [0.29, 0.717) is 5.92 Å². The van der Waals surface area contributed by atoms with Gasteiger partial charge < -0.3 is 9.84 Å². The minimum Gasteiger partial charge on any atom is -0.392 e. The van der Waals surface area contributed by atoms with Crippen LogP contribution in [-0.4, -0.2) is 46.9 Å². The van der Waals surface area contributed by atoms with Crippen LogP contribution < -0.4 is 0 Å². The molecule has 2 unspecified atom stereocenters. The van der Waals surface area contributed by atoms with E-state index in [1.54, 1.807) is 0 Å². The van der Waals surface area contributed by atoms with Crippen LogP contribution in [0.2, 0.25) is 0 Å². The maximum Gasteiger partial charge on any atom is 0.0760 e. The first-order valence-electron chi connectivity index (χ1n) is 8.11. The summed E-state index contributed by atoms with van der Waals surface area (Å²) in [6.07, 6.45) is 3.37. The average Bonchev–Trinajstić information content (AvgIpc) is 2.20.